The lowest BCUT2D eigenvalue weighted by Crippen LogP contribution is -2.60. The summed E-state index contributed by atoms with van der Waals surface area (Å²) in [6, 6.07) is -9.10. The van der Waals surface area contributed by atoms with Crippen molar-refractivity contribution in [3.05, 3.63) is 0 Å². The van der Waals surface area contributed by atoms with Gasteiger partial charge < -0.3 is 69.7 Å². The summed E-state index contributed by atoms with van der Waals surface area (Å²) in [7, 11) is 0. The van der Waals surface area contributed by atoms with E-state index in [2.05, 4.69) is 37.2 Å². The van der Waals surface area contributed by atoms with Crippen molar-refractivity contribution in [3.8, 4) is 0 Å². The molecule has 0 fully saturated rings. The Labute approximate surface area is 340 Å². The van der Waals surface area contributed by atoms with E-state index in [-0.39, 0.29) is 37.5 Å². The molecule has 0 rings (SSSR count). The van der Waals surface area contributed by atoms with Gasteiger partial charge in [0.2, 0.25) is 41.4 Å². The third-order valence-corrected chi connectivity index (χ3v) is 8.91. The topological polar surface area (TPSA) is 360 Å². The van der Waals surface area contributed by atoms with Crippen LogP contribution in [0.5, 0.6) is 0 Å². The van der Waals surface area contributed by atoms with Crippen LogP contribution in [0.1, 0.15) is 99.8 Å². The molecule has 21 heteroatoms. The SMILES string of the molecule is CC(C)C[C@H](NC(=O)[C@H](CCCCN)NC(=O)[C@H](CCCCN)NC(=O)[C@H](C)NC(=O)[C@H](CC(C)C)NC(=O)[C@@H](NC(=O)CN)[C@@H](C)O)C(=O)N[C@H](C(=O)O)[C@@H](C)O. The van der Waals surface area contributed by atoms with E-state index in [0.29, 0.717) is 38.8 Å². The van der Waals surface area contributed by atoms with Gasteiger partial charge in [-0.2, -0.15) is 0 Å². The molecule has 0 spiro atoms. The largest absolute Gasteiger partial charge is 0.480 e. The smallest absolute Gasteiger partial charge is 0.328 e. The highest BCUT2D eigenvalue weighted by molar-refractivity contribution is 5.97. The summed E-state index contributed by atoms with van der Waals surface area (Å²) in [5.74, 6) is -7.13. The van der Waals surface area contributed by atoms with E-state index < -0.39 is 108 Å². The van der Waals surface area contributed by atoms with Crippen molar-refractivity contribution < 1.29 is 53.7 Å². The Hall–Kier alpha value is -4.44. The predicted molar refractivity (Wildman–Crippen MR) is 214 cm³/mol. The molecule has 0 aliphatic carbocycles. The molecule has 58 heavy (non-hydrogen) atoms. The van der Waals surface area contributed by atoms with Crippen molar-refractivity contribution in [2.75, 3.05) is 19.6 Å². The quantitative estimate of drug-likeness (QED) is 0.0326. The molecular formula is C37H70N10O11. The number of amides is 7. The minimum atomic E-state index is -1.64. The Morgan fingerprint density at radius 2 is 0.845 bits per heavy atom. The van der Waals surface area contributed by atoms with Crippen LogP contribution in [0.3, 0.4) is 0 Å². The molecule has 16 N–H and O–H groups in total. The summed E-state index contributed by atoms with van der Waals surface area (Å²) in [5.41, 5.74) is 16.7. The Morgan fingerprint density at radius 1 is 0.466 bits per heavy atom. The highest BCUT2D eigenvalue weighted by Gasteiger charge is 2.34. The maximum absolute atomic E-state index is 13.8. The van der Waals surface area contributed by atoms with Gasteiger partial charge in [0, 0.05) is 0 Å². The molecule has 0 aromatic rings. The zero-order valence-electron chi connectivity index (χ0n) is 35.0. The minimum absolute atomic E-state index is 0.0981. The second kappa shape index (κ2) is 28.1. The van der Waals surface area contributed by atoms with Crippen molar-refractivity contribution in [2.45, 2.75) is 154 Å². The van der Waals surface area contributed by atoms with E-state index in [1.165, 1.54) is 20.8 Å². The van der Waals surface area contributed by atoms with E-state index >= 15 is 0 Å². The van der Waals surface area contributed by atoms with E-state index in [9.17, 15) is 53.7 Å². The summed E-state index contributed by atoms with van der Waals surface area (Å²) in [6.07, 6.45) is -0.542. The molecule has 9 atom stereocenters. The highest BCUT2D eigenvalue weighted by atomic mass is 16.4. The monoisotopic (exact) mass is 831 g/mol. The van der Waals surface area contributed by atoms with Gasteiger partial charge in [0.25, 0.3) is 0 Å². The average molecular weight is 831 g/mol. The zero-order valence-corrected chi connectivity index (χ0v) is 35.0. The molecule has 0 bridgehead atoms. The van der Waals surface area contributed by atoms with Gasteiger partial charge in [-0.25, -0.2) is 4.79 Å². The standard InChI is InChI=1S/C37H70N10O11/c1-19(2)16-26(45-36(56)29(22(6)48)46-28(50)18-40)34(54)41-21(5)31(51)42-24(12-8-10-14-38)32(52)43-25(13-9-11-15-39)33(53)44-27(17-20(3)4)35(55)47-30(23(7)49)37(57)58/h19-27,29-30,48-49H,8-18,38-40H2,1-7H3,(H,41,54)(H,42,51)(H,43,52)(H,44,53)(H,45,56)(H,46,50)(H,47,55)(H,57,58)/t21-,22+,23+,24-,25-,26-,27-,29-,30-/m0/s1. The first-order valence-electron chi connectivity index (χ1n) is 19.9. The first-order valence-corrected chi connectivity index (χ1v) is 19.9. The number of carboxylic acid groups (broad SMARTS) is 1. The Balaban J connectivity index is 6.21. The van der Waals surface area contributed by atoms with Crippen LogP contribution in [0, 0.1) is 11.8 Å². The molecule has 0 saturated heterocycles. The van der Waals surface area contributed by atoms with Crippen molar-refractivity contribution in [1.29, 1.82) is 0 Å². The van der Waals surface area contributed by atoms with Crippen molar-refractivity contribution in [1.82, 2.24) is 37.2 Å². The van der Waals surface area contributed by atoms with Gasteiger partial charge >= 0.3 is 5.97 Å². The summed E-state index contributed by atoms with van der Waals surface area (Å²) >= 11 is 0. The summed E-state index contributed by atoms with van der Waals surface area (Å²) in [6.45, 7) is 11.2. The number of rotatable bonds is 29. The van der Waals surface area contributed by atoms with E-state index in [4.69, 9.17) is 17.2 Å². The molecule has 0 aliphatic heterocycles. The van der Waals surface area contributed by atoms with Crippen molar-refractivity contribution >= 4 is 47.3 Å². The lowest BCUT2D eigenvalue weighted by molar-refractivity contribution is -0.145. The molecule has 0 aromatic heterocycles. The fourth-order valence-electron chi connectivity index (χ4n) is 5.69. The second-order valence-corrected chi connectivity index (χ2v) is 15.4. The first kappa shape index (κ1) is 53.6. The number of carboxylic acids is 1. The fourth-order valence-corrected chi connectivity index (χ4v) is 5.69. The van der Waals surface area contributed by atoms with Gasteiger partial charge in [-0.3, -0.25) is 33.6 Å². The van der Waals surface area contributed by atoms with Gasteiger partial charge in [0.05, 0.1) is 18.8 Å². The number of nitrogens with one attached hydrogen (secondary N) is 7. The van der Waals surface area contributed by atoms with Gasteiger partial charge in [0.1, 0.15) is 36.3 Å². The maximum Gasteiger partial charge on any atom is 0.328 e. The van der Waals surface area contributed by atoms with Gasteiger partial charge in [-0.1, -0.05) is 27.7 Å². The molecule has 0 aliphatic rings. The van der Waals surface area contributed by atoms with Crippen molar-refractivity contribution in [2.24, 2.45) is 29.0 Å². The lowest BCUT2D eigenvalue weighted by atomic mass is 10.0. The molecule has 21 nitrogen and oxygen atoms in total. The van der Waals surface area contributed by atoms with Crippen LogP contribution in [0.25, 0.3) is 0 Å². The molecular weight excluding hydrogens is 760 g/mol. The Kier molecular flexibility index (Phi) is 25.9. The predicted octanol–water partition coefficient (Wildman–Crippen LogP) is -3.45. The normalized spacial score (nSPS) is 16.0. The Morgan fingerprint density at radius 3 is 1.22 bits per heavy atom. The molecule has 0 radical (unpaired) electrons. The van der Waals surface area contributed by atoms with Crippen LogP contribution in [0.4, 0.5) is 0 Å². The number of carbonyl (C=O) groups is 8. The fraction of sp³-hybridized carbons (Fsp3) is 0.784. The molecule has 0 heterocycles. The number of nitrogens with two attached hydrogens (primary N) is 3. The number of aliphatic hydroxyl groups excluding tert-OH is 2. The molecule has 0 unspecified atom stereocenters. The van der Waals surface area contributed by atoms with Crippen LogP contribution in [0.2, 0.25) is 0 Å². The van der Waals surface area contributed by atoms with Gasteiger partial charge in [-0.15, -0.1) is 0 Å². The molecule has 7 amide bonds. The summed E-state index contributed by atoms with van der Waals surface area (Å²) in [4.78, 5) is 104. The second-order valence-electron chi connectivity index (χ2n) is 15.4. The third-order valence-electron chi connectivity index (χ3n) is 8.91. The van der Waals surface area contributed by atoms with E-state index in [1.54, 1.807) is 27.7 Å². The number of aliphatic hydroxyl groups is 2. The van der Waals surface area contributed by atoms with Crippen LogP contribution >= 0.6 is 0 Å². The van der Waals surface area contributed by atoms with E-state index in [0.717, 1.165) is 0 Å². The lowest BCUT2D eigenvalue weighted by Gasteiger charge is -2.28. The highest BCUT2D eigenvalue weighted by Crippen LogP contribution is 2.11. The van der Waals surface area contributed by atoms with Crippen LogP contribution in [0.15, 0.2) is 0 Å². The van der Waals surface area contributed by atoms with Crippen molar-refractivity contribution in [3.63, 3.8) is 0 Å². The zero-order chi connectivity index (χ0) is 44.7. The number of hydrogen-bond acceptors (Lipinski definition) is 13. The molecule has 0 saturated carbocycles. The van der Waals surface area contributed by atoms with Crippen LogP contribution < -0.4 is 54.4 Å². The summed E-state index contributed by atoms with van der Waals surface area (Å²) < 4.78 is 0. The number of unbranched alkanes of at least 4 members (excludes halogenated alkanes) is 2. The minimum Gasteiger partial charge on any atom is -0.480 e. The first-order chi connectivity index (χ1) is 27.1. The maximum atomic E-state index is 13.8. The molecule has 334 valence electrons. The van der Waals surface area contributed by atoms with Crippen LogP contribution in [-0.4, -0.2) is 137 Å². The van der Waals surface area contributed by atoms with Gasteiger partial charge in [0.15, 0.2) is 6.04 Å². The molecule has 0 aromatic carbocycles. The Bertz CT molecular complexity index is 1350. The van der Waals surface area contributed by atoms with Crippen LogP contribution in [-0.2, 0) is 38.4 Å². The number of aliphatic carboxylic acids is 1. The average Bonchev–Trinajstić information content (AvgIpc) is 3.13. The number of carbonyl (C=O) groups excluding carboxylic acids is 7. The third kappa shape index (κ3) is 20.8. The van der Waals surface area contributed by atoms with Gasteiger partial charge in [-0.05, 0) is 97.1 Å². The summed E-state index contributed by atoms with van der Waals surface area (Å²) in [5, 5.41) is 46.9. The number of hydrogen-bond donors (Lipinski definition) is 13. The van der Waals surface area contributed by atoms with E-state index in [1.807, 2.05) is 0 Å².